The zero-order chi connectivity index (χ0) is 13.4. The SMILES string of the molecule is Cc1ccc(F)cc1C(Cl)c1csc2ccccc12. The molecule has 0 fully saturated rings. The normalized spacial score (nSPS) is 12.8. The molecule has 96 valence electrons. The first kappa shape index (κ1) is 12.6. The number of alkyl halides is 1. The second-order valence-corrected chi connectivity index (χ2v) is 5.90. The van der Waals surface area contributed by atoms with E-state index < -0.39 is 0 Å². The lowest BCUT2D eigenvalue weighted by molar-refractivity contribution is 0.625. The lowest BCUT2D eigenvalue weighted by Crippen LogP contribution is -1.96. The summed E-state index contributed by atoms with van der Waals surface area (Å²) in [5.74, 6) is -0.245. The summed E-state index contributed by atoms with van der Waals surface area (Å²) in [6, 6.07) is 12.9. The van der Waals surface area contributed by atoms with E-state index in [4.69, 9.17) is 11.6 Å². The van der Waals surface area contributed by atoms with Gasteiger partial charge in [-0.15, -0.1) is 22.9 Å². The average molecular weight is 291 g/mol. The molecule has 2 aromatic carbocycles. The van der Waals surface area contributed by atoms with Crippen molar-refractivity contribution < 1.29 is 4.39 Å². The quantitative estimate of drug-likeness (QED) is 0.533. The van der Waals surface area contributed by atoms with E-state index in [0.29, 0.717) is 0 Å². The van der Waals surface area contributed by atoms with E-state index in [1.54, 1.807) is 17.4 Å². The number of thiophene rings is 1. The molecule has 0 radical (unpaired) electrons. The predicted octanol–water partition coefficient (Wildman–Crippen LogP) is 5.68. The summed E-state index contributed by atoms with van der Waals surface area (Å²) in [6.45, 7) is 1.96. The fourth-order valence-corrected chi connectivity index (χ4v) is 3.72. The summed E-state index contributed by atoms with van der Waals surface area (Å²) in [4.78, 5) is 0. The van der Waals surface area contributed by atoms with Crippen molar-refractivity contribution in [1.82, 2.24) is 0 Å². The lowest BCUT2D eigenvalue weighted by atomic mass is 9.99. The number of aryl methyl sites for hydroxylation is 1. The van der Waals surface area contributed by atoms with Gasteiger partial charge in [0.1, 0.15) is 5.82 Å². The molecule has 3 rings (SSSR count). The highest BCUT2D eigenvalue weighted by Gasteiger charge is 2.17. The molecular weight excluding hydrogens is 279 g/mol. The number of benzene rings is 2. The highest BCUT2D eigenvalue weighted by Crippen LogP contribution is 2.38. The molecule has 0 saturated heterocycles. The second-order valence-electron chi connectivity index (χ2n) is 4.55. The van der Waals surface area contributed by atoms with E-state index in [9.17, 15) is 4.39 Å². The number of halogens is 2. The molecule has 0 aliphatic rings. The van der Waals surface area contributed by atoms with Crippen LogP contribution < -0.4 is 0 Å². The standard InChI is InChI=1S/C16H12ClFS/c1-10-6-7-11(18)8-13(10)16(17)14-9-19-15-5-3-2-4-12(14)15/h2-9,16H,1H3. The highest BCUT2D eigenvalue weighted by atomic mass is 35.5. The first-order valence-electron chi connectivity index (χ1n) is 6.03. The number of hydrogen-bond donors (Lipinski definition) is 0. The molecule has 3 aromatic rings. The molecular formula is C16H12ClFS. The largest absolute Gasteiger partial charge is 0.207 e. The maximum Gasteiger partial charge on any atom is 0.123 e. The van der Waals surface area contributed by atoms with Crippen molar-refractivity contribution in [2.45, 2.75) is 12.3 Å². The summed E-state index contributed by atoms with van der Waals surface area (Å²) in [5, 5.41) is 2.90. The van der Waals surface area contributed by atoms with Crippen LogP contribution in [0.5, 0.6) is 0 Å². The summed E-state index contributed by atoms with van der Waals surface area (Å²) >= 11 is 8.24. The van der Waals surface area contributed by atoms with Crippen LogP contribution in [-0.4, -0.2) is 0 Å². The van der Waals surface area contributed by atoms with E-state index >= 15 is 0 Å². The average Bonchev–Trinajstić information content (AvgIpc) is 2.84. The Morgan fingerprint density at radius 2 is 1.89 bits per heavy atom. The van der Waals surface area contributed by atoms with Crippen molar-refractivity contribution in [3.8, 4) is 0 Å². The Bertz CT molecular complexity index is 732. The molecule has 0 spiro atoms. The monoisotopic (exact) mass is 290 g/mol. The molecule has 0 nitrogen and oxygen atoms in total. The summed E-state index contributed by atoms with van der Waals surface area (Å²) in [6.07, 6.45) is 0. The Hall–Kier alpha value is -1.38. The van der Waals surface area contributed by atoms with Gasteiger partial charge in [0.25, 0.3) is 0 Å². The molecule has 1 atom stereocenters. The molecule has 0 bridgehead atoms. The Kier molecular flexibility index (Phi) is 3.29. The van der Waals surface area contributed by atoms with Crippen LogP contribution in [0.3, 0.4) is 0 Å². The summed E-state index contributed by atoms with van der Waals surface area (Å²) in [5.41, 5.74) is 2.90. The molecule has 1 heterocycles. The van der Waals surface area contributed by atoms with Crippen LogP contribution in [0.25, 0.3) is 10.1 Å². The van der Waals surface area contributed by atoms with Gasteiger partial charge < -0.3 is 0 Å². The fourth-order valence-electron chi connectivity index (χ4n) is 2.25. The van der Waals surface area contributed by atoms with Crippen molar-refractivity contribution in [3.63, 3.8) is 0 Å². The van der Waals surface area contributed by atoms with E-state index in [1.807, 2.05) is 19.1 Å². The molecule has 0 N–H and O–H groups in total. The lowest BCUT2D eigenvalue weighted by Gasteiger charge is -2.12. The van der Waals surface area contributed by atoms with Gasteiger partial charge in [-0.05, 0) is 52.6 Å². The molecule has 19 heavy (non-hydrogen) atoms. The van der Waals surface area contributed by atoms with Crippen LogP contribution in [0.15, 0.2) is 47.8 Å². The molecule has 0 saturated carbocycles. The van der Waals surface area contributed by atoms with E-state index in [-0.39, 0.29) is 11.2 Å². The van der Waals surface area contributed by atoms with Gasteiger partial charge in [-0.1, -0.05) is 24.3 Å². The van der Waals surface area contributed by atoms with Crippen molar-refractivity contribution in [2.24, 2.45) is 0 Å². The number of fused-ring (bicyclic) bond motifs is 1. The van der Waals surface area contributed by atoms with E-state index in [1.165, 1.54) is 16.8 Å². The third kappa shape index (κ3) is 2.26. The first-order chi connectivity index (χ1) is 9.16. The third-order valence-corrected chi connectivity index (χ3v) is 4.75. The van der Waals surface area contributed by atoms with Crippen LogP contribution in [0.4, 0.5) is 4.39 Å². The minimum absolute atomic E-state index is 0.245. The predicted molar refractivity (Wildman–Crippen MR) is 80.7 cm³/mol. The van der Waals surface area contributed by atoms with Crippen LogP contribution in [0.1, 0.15) is 22.1 Å². The molecule has 0 aliphatic carbocycles. The van der Waals surface area contributed by atoms with Gasteiger partial charge in [0.2, 0.25) is 0 Å². The van der Waals surface area contributed by atoms with Crippen LogP contribution >= 0.6 is 22.9 Å². The van der Waals surface area contributed by atoms with Gasteiger partial charge >= 0.3 is 0 Å². The zero-order valence-corrected chi connectivity index (χ0v) is 11.9. The summed E-state index contributed by atoms with van der Waals surface area (Å²) in [7, 11) is 0. The minimum atomic E-state index is -0.313. The van der Waals surface area contributed by atoms with Crippen molar-refractivity contribution >= 4 is 33.0 Å². The minimum Gasteiger partial charge on any atom is -0.207 e. The number of rotatable bonds is 2. The Balaban J connectivity index is 2.13. The van der Waals surface area contributed by atoms with Crippen molar-refractivity contribution in [3.05, 3.63) is 70.4 Å². The van der Waals surface area contributed by atoms with E-state index in [2.05, 4.69) is 17.5 Å². The third-order valence-electron chi connectivity index (χ3n) is 3.30. The van der Waals surface area contributed by atoms with Crippen molar-refractivity contribution in [2.75, 3.05) is 0 Å². The molecule has 1 unspecified atom stereocenters. The second kappa shape index (κ2) is 4.95. The van der Waals surface area contributed by atoms with Crippen molar-refractivity contribution in [1.29, 1.82) is 0 Å². The Labute approximate surface area is 120 Å². The van der Waals surface area contributed by atoms with Gasteiger partial charge in [0.05, 0.1) is 5.38 Å². The van der Waals surface area contributed by atoms with Crippen LogP contribution in [0.2, 0.25) is 0 Å². The maximum atomic E-state index is 13.4. The zero-order valence-electron chi connectivity index (χ0n) is 10.4. The molecule has 0 amide bonds. The van der Waals surface area contributed by atoms with Gasteiger partial charge in [-0.3, -0.25) is 0 Å². The van der Waals surface area contributed by atoms with Crippen LogP contribution in [-0.2, 0) is 0 Å². The topological polar surface area (TPSA) is 0 Å². The van der Waals surface area contributed by atoms with Gasteiger partial charge in [-0.25, -0.2) is 4.39 Å². The molecule has 0 aliphatic heterocycles. The highest BCUT2D eigenvalue weighted by molar-refractivity contribution is 7.17. The smallest absolute Gasteiger partial charge is 0.123 e. The van der Waals surface area contributed by atoms with Gasteiger partial charge in [-0.2, -0.15) is 0 Å². The summed E-state index contributed by atoms with van der Waals surface area (Å²) < 4.78 is 14.6. The number of hydrogen-bond acceptors (Lipinski definition) is 1. The maximum absolute atomic E-state index is 13.4. The van der Waals surface area contributed by atoms with Gasteiger partial charge in [0, 0.05) is 4.70 Å². The molecule has 3 heteroatoms. The fraction of sp³-hybridized carbons (Fsp3) is 0.125. The van der Waals surface area contributed by atoms with E-state index in [0.717, 1.165) is 22.1 Å². The Morgan fingerprint density at radius 3 is 2.74 bits per heavy atom. The Morgan fingerprint density at radius 1 is 1.11 bits per heavy atom. The van der Waals surface area contributed by atoms with Gasteiger partial charge in [0.15, 0.2) is 0 Å². The first-order valence-corrected chi connectivity index (χ1v) is 7.34. The van der Waals surface area contributed by atoms with Crippen LogP contribution in [0, 0.1) is 12.7 Å². The molecule has 1 aromatic heterocycles.